The summed E-state index contributed by atoms with van der Waals surface area (Å²) in [6.45, 7) is 3.27. The van der Waals surface area contributed by atoms with Crippen LogP contribution in [0.3, 0.4) is 0 Å². The lowest BCUT2D eigenvalue weighted by Crippen LogP contribution is -2.34. The van der Waals surface area contributed by atoms with E-state index in [9.17, 15) is 9.36 Å². The Morgan fingerprint density at radius 2 is 1.94 bits per heavy atom. The van der Waals surface area contributed by atoms with Gasteiger partial charge in [0.1, 0.15) is 6.04 Å². The standard InChI is InChI=1S/C8H18NO6P/c1-3-6(2)4-14-16(12,13)15-5-7(9)8(10)11/h6-7H,3-5,9H2,1-2H3,(H,10,11)(H,12,13)/t6-,7?/m0/s1. The SMILES string of the molecule is CC[C@H](C)COP(=O)(O)OCC(N)C(=O)O. The molecule has 3 atom stereocenters. The molecule has 0 fully saturated rings. The van der Waals surface area contributed by atoms with Crippen molar-refractivity contribution in [3.8, 4) is 0 Å². The van der Waals surface area contributed by atoms with Gasteiger partial charge in [0, 0.05) is 0 Å². The molecule has 2 unspecified atom stereocenters. The van der Waals surface area contributed by atoms with Gasteiger partial charge in [-0.3, -0.25) is 13.8 Å². The lowest BCUT2D eigenvalue weighted by Gasteiger charge is -2.15. The van der Waals surface area contributed by atoms with Crippen LogP contribution < -0.4 is 5.73 Å². The van der Waals surface area contributed by atoms with E-state index in [1.807, 2.05) is 13.8 Å². The van der Waals surface area contributed by atoms with Gasteiger partial charge in [-0.1, -0.05) is 20.3 Å². The van der Waals surface area contributed by atoms with E-state index in [-0.39, 0.29) is 12.5 Å². The van der Waals surface area contributed by atoms with Crippen molar-refractivity contribution in [1.82, 2.24) is 0 Å². The molecular formula is C8H18NO6P. The summed E-state index contributed by atoms with van der Waals surface area (Å²) in [5, 5.41) is 8.42. The highest BCUT2D eigenvalue weighted by molar-refractivity contribution is 7.47. The smallest absolute Gasteiger partial charge is 0.472 e. The third kappa shape index (κ3) is 6.92. The van der Waals surface area contributed by atoms with Gasteiger partial charge in [0.25, 0.3) is 0 Å². The van der Waals surface area contributed by atoms with Gasteiger partial charge in [-0.25, -0.2) is 4.57 Å². The predicted molar refractivity (Wildman–Crippen MR) is 56.8 cm³/mol. The molecule has 0 amide bonds. The summed E-state index contributed by atoms with van der Waals surface area (Å²) in [6, 6.07) is -1.34. The van der Waals surface area contributed by atoms with E-state index >= 15 is 0 Å². The van der Waals surface area contributed by atoms with Crippen molar-refractivity contribution in [1.29, 1.82) is 0 Å². The molecule has 0 bridgehead atoms. The zero-order valence-electron chi connectivity index (χ0n) is 9.33. The van der Waals surface area contributed by atoms with Crippen LogP contribution in [0.2, 0.25) is 0 Å². The van der Waals surface area contributed by atoms with E-state index in [1.54, 1.807) is 0 Å². The summed E-state index contributed by atoms with van der Waals surface area (Å²) < 4.78 is 20.3. The van der Waals surface area contributed by atoms with Crippen LogP contribution in [-0.4, -0.2) is 35.2 Å². The fourth-order valence-electron chi connectivity index (χ4n) is 0.622. The van der Waals surface area contributed by atoms with Crippen LogP contribution in [0.5, 0.6) is 0 Å². The van der Waals surface area contributed by atoms with Gasteiger partial charge in [-0.2, -0.15) is 0 Å². The van der Waals surface area contributed by atoms with E-state index in [2.05, 4.69) is 9.05 Å². The molecule has 16 heavy (non-hydrogen) atoms. The lowest BCUT2D eigenvalue weighted by molar-refractivity contribution is -0.139. The molecule has 0 aromatic carbocycles. The van der Waals surface area contributed by atoms with Crippen molar-refractivity contribution in [2.45, 2.75) is 26.3 Å². The highest BCUT2D eigenvalue weighted by Gasteiger charge is 2.24. The summed E-state index contributed by atoms with van der Waals surface area (Å²) >= 11 is 0. The number of phosphoric ester groups is 1. The number of carboxylic acid groups (broad SMARTS) is 1. The number of nitrogens with two attached hydrogens (primary N) is 1. The first kappa shape index (κ1) is 15.5. The Morgan fingerprint density at radius 3 is 2.38 bits per heavy atom. The van der Waals surface area contributed by atoms with Crippen molar-refractivity contribution < 1.29 is 28.4 Å². The van der Waals surface area contributed by atoms with Crippen LogP contribution in [0.15, 0.2) is 0 Å². The van der Waals surface area contributed by atoms with Gasteiger partial charge in [0.15, 0.2) is 0 Å². The van der Waals surface area contributed by atoms with Gasteiger partial charge >= 0.3 is 13.8 Å². The first-order valence-corrected chi connectivity index (χ1v) is 6.38. The van der Waals surface area contributed by atoms with Crippen LogP contribution in [0.25, 0.3) is 0 Å². The van der Waals surface area contributed by atoms with Crippen LogP contribution in [0.4, 0.5) is 0 Å². The number of hydrogen-bond donors (Lipinski definition) is 3. The van der Waals surface area contributed by atoms with E-state index < -0.39 is 26.4 Å². The van der Waals surface area contributed by atoms with Gasteiger partial charge in [-0.15, -0.1) is 0 Å². The zero-order valence-corrected chi connectivity index (χ0v) is 10.2. The molecule has 0 spiro atoms. The van der Waals surface area contributed by atoms with Crippen LogP contribution in [-0.2, 0) is 18.4 Å². The normalized spacial score (nSPS) is 18.8. The topological polar surface area (TPSA) is 119 Å². The van der Waals surface area contributed by atoms with Crippen molar-refractivity contribution in [2.24, 2.45) is 11.7 Å². The minimum atomic E-state index is -4.20. The summed E-state index contributed by atoms with van der Waals surface area (Å²) in [5.74, 6) is -1.18. The van der Waals surface area contributed by atoms with Crippen molar-refractivity contribution in [3.63, 3.8) is 0 Å². The van der Waals surface area contributed by atoms with Gasteiger partial charge < -0.3 is 15.7 Å². The fourth-order valence-corrected chi connectivity index (χ4v) is 1.49. The second kappa shape index (κ2) is 6.98. The molecule has 0 aliphatic rings. The summed E-state index contributed by atoms with van der Waals surface area (Å²) in [5.41, 5.74) is 5.09. The summed E-state index contributed by atoms with van der Waals surface area (Å²) in [7, 11) is -4.20. The molecule has 0 radical (unpaired) electrons. The molecule has 0 saturated heterocycles. The van der Waals surface area contributed by atoms with Crippen LogP contribution >= 0.6 is 7.82 Å². The Kier molecular flexibility index (Phi) is 6.78. The van der Waals surface area contributed by atoms with Crippen molar-refractivity contribution >= 4 is 13.8 Å². The van der Waals surface area contributed by atoms with E-state index in [4.69, 9.17) is 15.7 Å². The van der Waals surface area contributed by atoms with E-state index in [1.165, 1.54) is 0 Å². The molecular weight excluding hydrogens is 237 g/mol. The average molecular weight is 255 g/mol. The molecule has 7 nitrogen and oxygen atoms in total. The maximum Gasteiger partial charge on any atom is 0.472 e. The molecule has 0 aliphatic carbocycles. The molecule has 0 aliphatic heterocycles. The van der Waals surface area contributed by atoms with Gasteiger partial charge in [0.05, 0.1) is 13.2 Å². The summed E-state index contributed by atoms with van der Waals surface area (Å²) in [6.07, 6.45) is 0.800. The molecule has 0 rings (SSSR count). The van der Waals surface area contributed by atoms with Gasteiger partial charge in [-0.05, 0) is 5.92 Å². The number of carbonyl (C=O) groups is 1. The maximum atomic E-state index is 11.2. The monoisotopic (exact) mass is 255 g/mol. The maximum absolute atomic E-state index is 11.2. The average Bonchev–Trinajstić information content (AvgIpc) is 2.22. The summed E-state index contributed by atoms with van der Waals surface area (Å²) in [4.78, 5) is 19.5. The van der Waals surface area contributed by atoms with Crippen molar-refractivity contribution in [2.75, 3.05) is 13.2 Å². The second-order valence-electron chi connectivity index (χ2n) is 3.52. The number of aliphatic carboxylic acids is 1. The minimum absolute atomic E-state index is 0.0760. The lowest BCUT2D eigenvalue weighted by atomic mass is 10.1. The fraction of sp³-hybridized carbons (Fsp3) is 0.875. The molecule has 0 aromatic heterocycles. The number of carboxylic acids is 1. The molecule has 4 N–H and O–H groups in total. The predicted octanol–water partition coefficient (Wildman–Crippen LogP) is 0.578. The number of rotatable bonds is 8. The Balaban J connectivity index is 3.96. The quantitative estimate of drug-likeness (QED) is 0.542. The largest absolute Gasteiger partial charge is 0.480 e. The highest BCUT2D eigenvalue weighted by atomic mass is 31.2. The Bertz CT molecular complexity index is 271. The third-order valence-electron chi connectivity index (χ3n) is 1.95. The van der Waals surface area contributed by atoms with E-state index in [0.717, 1.165) is 6.42 Å². The first-order chi connectivity index (χ1) is 7.28. The number of hydrogen-bond acceptors (Lipinski definition) is 5. The number of phosphoric acid groups is 1. The molecule has 0 aromatic rings. The second-order valence-corrected chi connectivity index (χ2v) is 4.97. The van der Waals surface area contributed by atoms with Crippen molar-refractivity contribution in [3.05, 3.63) is 0 Å². The Labute approximate surface area is 94.2 Å². The zero-order chi connectivity index (χ0) is 12.8. The first-order valence-electron chi connectivity index (χ1n) is 4.88. The Morgan fingerprint density at radius 1 is 1.44 bits per heavy atom. The Hall–Kier alpha value is -0.460. The minimum Gasteiger partial charge on any atom is -0.480 e. The van der Waals surface area contributed by atoms with Crippen LogP contribution in [0, 0.1) is 5.92 Å². The van der Waals surface area contributed by atoms with Crippen LogP contribution in [0.1, 0.15) is 20.3 Å². The molecule has 0 saturated carbocycles. The molecule has 0 heterocycles. The molecule has 96 valence electrons. The van der Waals surface area contributed by atoms with Gasteiger partial charge in [0.2, 0.25) is 0 Å². The highest BCUT2D eigenvalue weighted by Crippen LogP contribution is 2.43. The molecule has 8 heteroatoms. The van der Waals surface area contributed by atoms with E-state index in [0.29, 0.717) is 0 Å². The third-order valence-corrected chi connectivity index (χ3v) is 2.90.